The van der Waals surface area contributed by atoms with Crippen LogP contribution in [0.3, 0.4) is 0 Å². The zero-order valence-corrected chi connectivity index (χ0v) is 14.7. The highest BCUT2D eigenvalue weighted by molar-refractivity contribution is 6.33. The largest absolute Gasteiger partial charge is 0.378 e. The molecule has 1 N–H and O–H groups in total. The molecule has 0 spiro atoms. The van der Waals surface area contributed by atoms with E-state index >= 15 is 0 Å². The number of nitrogens with zero attached hydrogens (tertiary/aromatic N) is 2. The van der Waals surface area contributed by atoms with E-state index in [0.717, 1.165) is 6.07 Å². The molecule has 0 radical (unpaired) electrons. The van der Waals surface area contributed by atoms with Crippen molar-refractivity contribution in [3.05, 3.63) is 58.2 Å². The van der Waals surface area contributed by atoms with E-state index < -0.39 is 11.6 Å². The smallest absolute Gasteiger partial charge is 0.255 e. The second-order valence-electron chi connectivity index (χ2n) is 5.87. The maximum atomic E-state index is 13.6. The number of aromatic nitrogens is 1. The highest BCUT2D eigenvalue weighted by Crippen LogP contribution is 2.21. The van der Waals surface area contributed by atoms with E-state index in [1.807, 2.05) is 0 Å². The Morgan fingerprint density at radius 2 is 2.04 bits per heavy atom. The van der Waals surface area contributed by atoms with E-state index in [1.165, 1.54) is 18.3 Å². The Morgan fingerprint density at radius 1 is 1.27 bits per heavy atom. The van der Waals surface area contributed by atoms with Crippen LogP contribution in [-0.4, -0.2) is 48.6 Å². The van der Waals surface area contributed by atoms with E-state index in [0.29, 0.717) is 61.2 Å². The molecule has 138 valence electrons. The van der Waals surface area contributed by atoms with Gasteiger partial charge < -0.3 is 15.0 Å². The van der Waals surface area contributed by atoms with Gasteiger partial charge in [0.2, 0.25) is 0 Å². The molecule has 0 atom stereocenters. The quantitative estimate of drug-likeness (QED) is 0.864. The summed E-state index contributed by atoms with van der Waals surface area (Å²) >= 11 is 6.20. The van der Waals surface area contributed by atoms with Crippen molar-refractivity contribution in [2.24, 2.45) is 0 Å². The Balaban J connectivity index is 1.59. The van der Waals surface area contributed by atoms with Crippen LogP contribution in [0.25, 0.3) is 0 Å². The van der Waals surface area contributed by atoms with Crippen LogP contribution >= 0.6 is 11.6 Å². The number of nitrogens with one attached hydrogen (secondary N) is 1. The molecule has 26 heavy (non-hydrogen) atoms. The Morgan fingerprint density at radius 3 is 2.73 bits per heavy atom. The number of morpholine rings is 1. The van der Waals surface area contributed by atoms with E-state index in [-0.39, 0.29) is 5.91 Å². The van der Waals surface area contributed by atoms with Crippen LogP contribution < -0.4 is 5.32 Å². The molecule has 1 aromatic carbocycles. The molecule has 1 aromatic heterocycles. The first-order chi connectivity index (χ1) is 12.5. The molecule has 1 amide bonds. The Bertz CT molecular complexity index is 798. The molecule has 0 saturated carbocycles. The predicted octanol–water partition coefficient (Wildman–Crippen LogP) is 3.14. The summed E-state index contributed by atoms with van der Waals surface area (Å²) in [5.74, 6) is -0.919. The third kappa shape index (κ3) is 4.47. The van der Waals surface area contributed by atoms with Crippen LogP contribution in [0.5, 0.6) is 0 Å². The zero-order valence-electron chi connectivity index (χ0n) is 14.0. The average Bonchev–Trinajstić information content (AvgIpc) is 2.65. The van der Waals surface area contributed by atoms with Crippen molar-refractivity contribution in [1.29, 1.82) is 0 Å². The minimum atomic E-state index is -0.607. The number of amides is 1. The van der Waals surface area contributed by atoms with Gasteiger partial charge in [-0.15, -0.1) is 0 Å². The van der Waals surface area contributed by atoms with E-state index in [9.17, 15) is 13.6 Å². The summed E-state index contributed by atoms with van der Waals surface area (Å²) in [6.45, 7) is 2.49. The highest BCUT2D eigenvalue weighted by Gasteiger charge is 2.19. The molecular formula is C18H18ClF2N3O2. The minimum Gasteiger partial charge on any atom is -0.378 e. The highest BCUT2D eigenvalue weighted by atomic mass is 35.5. The van der Waals surface area contributed by atoms with Crippen LogP contribution in [0.15, 0.2) is 30.5 Å². The van der Waals surface area contributed by atoms with Gasteiger partial charge in [0.15, 0.2) is 0 Å². The summed E-state index contributed by atoms with van der Waals surface area (Å²) in [5.41, 5.74) is 0.807. The van der Waals surface area contributed by atoms with Crippen molar-refractivity contribution in [2.75, 3.05) is 38.2 Å². The third-order valence-electron chi connectivity index (χ3n) is 4.09. The van der Waals surface area contributed by atoms with Crippen molar-refractivity contribution in [3.8, 4) is 0 Å². The number of pyridine rings is 1. The molecular weight excluding hydrogens is 364 g/mol. The molecule has 1 fully saturated rings. The number of carbonyl (C=O) groups is 1. The second kappa shape index (κ2) is 8.42. The zero-order chi connectivity index (χ0) is 18.5. The Hall–Kier alpha value is -2.25. The topological polar surface area (TPSA) is 54.5 Å². The van der Waals surface area contributed by atoms with Crippen molar-refractivity contribution < 1.29 is 18.3 Å². The van der Waals surface area contributed by atoms with Crippen LogP contribution in [0.1, 0.15) is 15.9 Å². The minimum absolute atomic E-state index is 0.136. The fraction of sp³-hybridized carbons (Fsp3) is 0.333. The summed E-state index contributed by atoms with van der Waals surface area (Å²) in [7, 11) is 0. The van der Waals surface area contributed by atoms with E-state index in [4.69, 9.17) is 16.3 Å². The van der Waals surface area contributed by atoms with Crippen LogP contribution in [0, 0.1) is 11.6 Å². The molecule has 3 rings (SSSR count). The first-order valence-corrected chi connectivity index (χ1v) is 8.63. The van der Waals surface area contributed by atoms with E-state index in [1.54, 1.807) is 11.0 Å². The monoisotopic (exact) mass is 381 g/mol. The summed E-state index contributed by atoms with van der Waals surface area (Å²) in [5, 5.41) is 3.31. The fourth-order valence-electron chi connectivity index (χ4n) is 2.67. The fourth-order valence-corrected chi connectivity index (χ4v) is 2.91. The number of hydrogen-bond donors (Lipinski definition) is 1. The molecule has 1 aliphatic heterocycles. The lowest BCUT2D eigenvalue weighted by atomic mass is 10.1. The first-order valence-electron chi connectivity index (χ1n) is 8.25. The number of rotatable bonds is 5. The normalized spacial score (nSPS) is 14.3. The summed E-state index contributed by atoms with van der Waals surface area (Å²) < 4.78 is 31.7. The standard InChI is InChI=1S/C18H18ClF2N3O2/c19-15-9-13(18(25)24-5-7-26-8-6-24)11-23-17(15)22-4-3-12-1-2-14(20)10-16(12)21/h1-2,9-11H,3-8H2,(H,22,23). The van der Waals surface area contributed by atoms with Gasteiger partial charge in [0, 0.05) is 31.9 Å². The molecule has 0 bridgehead atoms. The molecule has 2 aromatic rings. The lowest BCUT2D eigenvalue weighted by molar-refractivity contribution is 0.0302. The van der Waals surface area contributed by atoms with Gasteiger partial charge in [-0.05, 0) is 24.1 Å². The van der Waals surface area contributed by atoms with Crippen LogP contribution in [0.2, 0.25) is 5.02 Å². The van der Waals surface area contributed by atoms with Gasteiger partial charge in [-0.3, -0.25) is 4.79 Å². The van der Waals surface area contributed by atoms with Crippen LogP contribution in [-0.2, 0) is 11.2 Å². The van der Waals surface area contributed by atoms with Gasteiger partial charge in [-0.2, -0.15) is 0 Å². The van der Waals surface area contributed by atoms with Crippen LogP contribution in [0.4, 0.5) is 14.6 Å². The van der Waals surface area contributed by atoms with E-state index in [2.05, 4.69) is 10.3 Å². The number of benzene rings is 1. The lowest BCUT2D eigenvalue weighted by Gasteiger charge is -2.26. The van der Waals surface area contributed by atoms with Gasteiger partial charge in [-0.1, -0.05) is 17.7 Å². The molecule has 5 nitrogen and oxygen atoms in total. The van der Waals surface area contributed by atoms with Crippen molar-refractivity contribution >= 4 is 23.3 Å². The number of ether oxygens (including phenoxy) is 1. The van der Waals surface area contributed by atoms with Gasteiger partial charge >= 0.3 is 0 Å². The molecule has 8 heteroatoms. The number of halogens is 3. The third-order valence-corrected chi connectivity index (χ3v) is 4.38. The van der Waals surface area contributed by atoms with Crippen molar-refractivity contribution in [3.63, 3.8) is 0 Å². The molecule has 0 unspecified atom stereocenters. The molecule has 1 saturated heterocycles. The van der Waals surface area contributed by atoms with Gasteiger partial charge in [0.1, 0.15) is 17.5 Å². The lowest BCUT2D eigenvalue weighted by Crippen LogP contribution is -2.40. The average molecular weight is 382 g/mol. The maximum absolute atomic E-state index is 13.6. The number of anilines is 1. The second-order valence-corrected chi connectivity index (χ2v) is 6.28. The molecule has 1 aliphatic rings. The summed E-state index contributed by atoms with van der Waals surface area (Å²) in [6, 6.07) is 5.04. The van der Waals surface area contributed by atoms with Gasteiger partial charge in [0.05, 0.1) is 23.8 Å². The first kappa shape index (κ1) is 18.5. The predicted molar refractivity (Wildman–Crippen MR) is 94.5 cm³/mol. The Labute approximate surface area is 154 Å². The molecule has 2 heterocycles. The van der Waals surface area contributed by atoms with Gasteiger partial charge in [-0.25, -0.2) is 13.8 Å². The van der Waals surface area contributed by atoms with Crippen molar-refractivity contribution in [2.45, 2.75) is 6.42 Å². The summed E-state index contributed by atoms with van der Waals surface area (Å²) in [4.78, 5) is 18.3. The Kier molecular flexibility index (Phi) is 6.00. The van der Waals surface area contributed by atoms with Crippen molar-refractivity contribution in [1.82, 2.24) is 9.88 Å². The maximum Gasteiger partial charge on any atom is 0.255 e. The molecule has 0 aliphatic carbocycles. The SMILES string of the molecule is O=C(c1cnc(NCCc2ccc(F)cc2F)c(Cl)c1)N1CCOCC1. The van der Waals surface area contributed by atoms with Gasteiger partial charge in [0.25, 0.3) is 5.91 Å². The number of hydrogen-bond acceptors (Lipinski definition) is 4. The number of carbonyl (C=O) groups excluding carboxylic acids is 1. The summed E-state index contributed by atoms with van der Waals surface area (Å²) in [6.07, 6.45) is 1.81.